The fraction of sp³-hybridized carbons (Fsp3) is 0.889. The van der Waals surface area contributed by atoms with Gasteiger partial charge in [0.05, 0.1) is 13.2 Å². The maximum absolute atomic E-state index is 11.1. The van der Waals surface area contributed by atoms with Gasteiger partial charge in [-0.1, -0.05) is 0 Å². The van der Waals surface area contributed by atoms with Gasteiger partial charge in [0.1, 0.15) is 0 Å². The van der Waals surface area contributed by atoms with Crippen LogP contribution >= 0.6 is 0 Å². The van der Waals surface area contributed by atoms with E-state index in [9.17, 15) is 4.79 Å². The van der Waals surface area contributed by atoms with Crippen LogP contribution in [0.4, 0.5) is 0 Å². The molecule has 5 nitrogen and oxygen atoms in total. The minimum atomic E-state index is -0.311. The number of ether oxygens (including phenoxy) is 3. The molecule has 0 aromatic rings. The largest absolute Gasteiger partial charge is 0.465 e. The van der Waals surface area contributed by atoms with E-state index in [1.54, 1.807) is 26.0 Å². The standard InChI is InChI=1S/C9H19NO4/c1-5-14-8(11)6-10(2)7-9(12-3)13-4/h9H,5-7H2,1-4H3. The van der Waals surface area contributed by atoms with Crippen molar-refractivity contribution in [2.75, 3.05) is 41.0 Å². The van der Waals surface area contributed by atoms with Gasteiger partial charge in [0, 0.05) is 20.8 Å². The van der Waals surface area contributed by atoms with Crippen LogP contribution in [0.3, 0.4) is 0 Å². The highest BCUT2D eigenvalue weighted by molar-refractivity contribution is 5.71. The van der Waals surface area contributed by atoms with E-state index in [1.165, 1.54) is 0 Å². The van der Waals surface area contributed by atoms with Crippen molar-refractivity contribution in [3.05, 3.63) is 0 Å². The van der Waals surface area contributed by atoms with Gasteiger partial charge in [-0.25, -0.2) is 0 Å². The topological polar surface area (TPSA) is 48.0 Å². The van der Waals surface area contributed by atoms with E-state index in [2.05, 4.69) is 0 Å². The molecule has 0 saturated heterocycles. The van der Waals surface area contributed by atoms with Crippen LogP contribution in [0.15, 0.2) is 0 Å². The number of methoxy groups -OCH3 is 2. The van der Waals surface area contributed by atoms with E-state index >= 15 is 0 Å². The maximum atomic E-state index is 11.1. The molecule has 0 atom stereocenters. The summed E-state index contributed by atoms with van der Waals surface area (Å²) in [4.78, 5) is 12.9. The lowest BCUT2D eigenvalue weighted by atomic mass is 10.5. The first-order chi connectivity index (χ1) is 6.63. The summed E-state index contributed by atoms with van der Waals surface area (Å²) in [5.74, 6) is -0.235. The first-order valence-corrected chi connectivity index (χ1v) is 4.53. The number of nitrogens with zero attached hydrogens (tertiary/aromatic N) is 1. The van der Waals surface area contributed by atoms with Gasteiger partial charge in [-0.05, 0) is 14.0 Å². The molecule has 0 radical (unpaired) electrons. The zero-order chi connectivity index (χ0) is 11.0. The molecule has 0 bridgehead atoms. The Bertz CT molecular complexity index is 159. The van der Waals surface area contributed by atoms with Crippen molar-refractivity contribution in [3.8, 4) is 0 Å². The molecule has 0 rings (SSSR count). The molecule has 0 unspecified atom stereocenters. The Balaban J connectivity index is 3.72. The van der Waals surface area contributed by atoms with Gasteiger partial charge >= 0.3 is 5.97 Å². The third-order valence-electron chi connectivity index (χ3n) is 1.69. The summed E-state index contributed by atoms with van der Waals surface area (Å²) in [5, 5.41) is 0. The Morgan fingerprint density at radius 1 is 1.36 bits per heavy atom. The summed E-state index contributed by atoms with van der Waals surface area (Å²) in [7, 11) is 4.93. The number of carbonyl (C=O) groups excluding carboxylic acids is 1. The van der Waals surface area contributed by atoms with E-state index in [0.29, 0.717) is 13.2 Å². The second kappa shape index (κ2) is 7.73. The molecule has 0 heterocycles. The third-order valence-corrected chi connectivity index (χ3v) is 1.69. The molecule has 0 saturated carbocycles. The normalized spacial score (nSPS) is 11.0. The van der Waals surface area contributed by atoms with Crippen molar-refractivity contribution < 1.29 is 19.0 Å². The third kappa shape index (κ3) is 5.90. The van der Waals surface area contributed by atoms with Gasteiger partial charge in [-0.3, -0.25) is 9.69 Å². The van der Waals surface area contributed by atoms with Crippen molar-refractivity contribution in [1.82, 2.24) is 4.90 Å². The predicted octanol–water partition coefficient (Wildman–Crippen LogP) is 0.100. The molecule has 0 spiro atoms. The Morgan fingerprint density at radius 3 is 2.36 bits per heavy atom. The van der Waals surface area contributed by atoms with Crippen molar-refractivity contribution in [1.29, 1.82) is 0 Å². The molecule has 5 heteroatoms. The van der Waals surface area contributed by atoms with Gasteiger partial charge in [-0.2, -0.15) is 0 Å². The van der Waals surface area contributed by atoms with Crippen LogP contribution in [0.5, 0.6) is 0 Å². The maximum Gasteiger partial charge on any atom is 0.320 e. The van der Waals surface area contributed by atoms with E-state index in [4.69, 9.17) is 14.2 Å². The molecule has 0 aliphatic heterocycles. The highest BCUT2D eigenvalue weighted by Crippen LogP contribution is 1.95. The zero-order valence-electron chi connectivity index (χ0n) is 9.28. The minimum Gasteiger partial charge on any atom is -0.465 e. The van der Waals surface area contributed by atoms with E-state index in [1.807, 2.05) is 7.05 Å². The average Bonchev–Trinajstić information content (AvgIpc) is 2.14. The van der Waals surface area contributed by atoms with Crippen LogP contribution in [0.1, 0.15) is 6.92 Å². The lowest BCUT2D eigenvalue weighted by Gasteiger charge is -2.20. The smallest absolute Gasteiger partial charge is 0.320 e. The molecule has 0 aromatic heterocycles. The fourth-order valence-electron chi connectivity index (χ4n) is 0.991. The van der Waals surface area contributed by atoms with Crippen molar-refractivity contribution in [3.63, 3.8) is 0 Å². The van der Waals surface area contributed by atoms with Gasteiger partial charge in [0.25, 0.3) is 0 Å². The quantitative estimate of drug-likeness (QED) is 0.436. The van der Waals surface area contributed by atoms with Crippen LogP contribution in [0.25, 0.3) is 0 Å². The SMILES string of the molecule is CCOC(=O)CN(C)CC(OC)OC. The van der Waals surface area contributed by atoms with Crippen LogP contribution in [0, 0.1) is 0 Å². The molecule has 0 fully saturated rings. The molecule has 84 valence electrons. The van der Waals surface area contributed by atoms with E-state index in [-0.39, 0.29) is 18.8 Å². The zero-order valence-corrected chi connectivity index (χ0v) is 9.28. The van der Waals surface area contributed by atoms with Crippen molar-refractivity contribution >= 4 is 5.97 Å². The van der Waals surface area contributed by atoms with Gasteiger partial charge in [0.2, 0.25) is 0 Å². The predicted molar refractivity (Wildman–Crippen MR) is 51.9 cm³/mol. The Morgan fingerprint density at radius 2 is 1.93 bits per heavy atom. The van der Waals surface area contributed by atoms with Crippen LogP contribution in [-0.2, 0) is 19.0 Å². The molecule has 0 aliphatic rings. The molecule has 0 amide bonds. The monoisotopic (exact) mass is 205 g/mol. The summed E-state index contributed by atoms with van der Waals surface area (Å²) in [6.07, 6.45) is -0.311. The summed E-state index contributed by atoms with van der Waals surface area (Å²) < 4.78 is 14.8. The number of likely N-dealkylation sites (N-methyl/N-ethyl adjacent to an activating group) is 1. The van der Waals surface area contributed by atoms with Gasteiger partial charge < -0.3 is 14.2 Å². The van der Waals surface area contributed by atoms with E-state index < -0.39 is 0 Å². The van der Waals surface area contributed by atoms with Crippen LogP contribution in [0.2, 0.25) is 0 Å². The molecular weight excluding hydrogens is 186 g/mol. The summed E-state index contributed by atoms with van der Waals surface area (Å²) in [6.45, 7) is 2.97. The number of carbonyl (C=O) groups is 1. The highest BCUT2D eigenvalue weighted by atomic mass is 16.7. The minimum absolute atomic E-state index is 0.235. The van der Waals surface area contributed by atoms with Crippen molar-refractivity contribution in [2.24, 2.45) is 0 Å². The summed E-state index contributed by atoms with van der Waals surface area (Å²) in [5.41, 5.74) is 0. The molecular formula is C9H19NO4. The number of esters is 1. The van der Waals surface area contributed by atoms with Gasteiger partial charge in [0.15, 0.2) is 6.29 Å². The molecule has 0 aliphatic carbocycles. The fourth-order valence-corrected chi connectivity index (χ4v) is 0.991. The molecule has 0 aromatic carbocycles. The second-order valence-corrected chi connectivity index (χ2v) is 2.90. The van der Waals surface area contributed by atoms with Crippen molar-refractivity contribution in [2.45, 2.75) is 13.2 Å². The lowest BCUT2D eigenvalue weighted by Crippen LogP contribution is -2.35. The number of hydrogen-bond donors (Lipinski definition) is 0. The summed E-state index contributed by atoms with van der Waals surface area (Å²) in [6, 6.07) is 0. The second-order valence-electron chi connectivity index (χ2n) is 2.90. The average molecular weight is 205 g/mol. The van der Waals surface area contributed by atoms with Crippen LogP contribution in [-0.4, -0.2) is 58.1 Å². The van der Waals surface area contributed by atoms with Gasteiger partial charge in [-0.15, -0.1) is 0 Å². The molecule has 14 heavy (non-hydrogen) atoms. The Kier molecular flexibility index (Phi) is 7.37. The number of rotatable bonds is 7. The van der Waals surface area contributed by atoms with Crippen LogP contribution < -0.4 is 0 Å². The Hall–Kier alpha value is -0.650. The Labute approximate surface area is 84.9 Å². The molecule has 0 N–H and O–H groups in total. The first kappa shape index (κ1) is 13.4. The summed E-state index contributed by atoms with van der Waals surface area (Å²) >= 11 is 0. The highest BCUT2D eigenvalue weighted by Gasteiger charge is 2.12. The first-order valence-electron chi connectivity index (χ1n) is 4.53. The number of hydrogen-bond acceptors (Lipinski definition) is 5. The lowest BCUT2D eigenvalue weighted by molar-refractivity contribution is -0.147. The van der Waals surface area contributed by atoms with E-state index in [0.717, 1.165) is 0 Å².